The number of fused-ring (bicyclic) bond motifs is 2. The van der Waals surface area contributed by atoms with Gasteiger partial charge in [0, 0.05) is 46.2 Å². The summed E-state index contributed by atoms with van der Waals surface area (Å²) in [7, 11) is -4.03. The van der Waals surface area contributed by atoms with Crippen LogP contribution in [-0.4, -0.2) is 44.5 Å². The van der Waals surface area contributed by atoms with Crippen molar-refractivity contribution in [2.24, 2.45) is 0 Å². The van der Waals surface area contributed by atoms with E-state index in [0.717, 1.165) is 11.1 Å². The van der Waals surface area contributed by atoms with Crippen molar-refractivity contribution < 1.29 is 27.5 Å². The molecule has 5 rings (SSSR count). The fourth-order valence-electron chi connectivity index (χ4n) is 5.63. The molecule has 2 N–H and O–H groups in total. The molecule has 9 nitrogen and oxygen atoms in total. The average molecular weight is 645 g/mol. The van der Waals surface area contributed by atoms with Crippen LogP contribution in [0, 0.1) is 6.92 Å². The Balaban J connectivity index is 1.40. The third-order valence-electron chi connectivity index (χ3n) is 7.38. The molecule has 1 aliphatic carbocycles. The maximum absolute atomic E-state index is 13.9. The molecule has 1 aromatic heterocycles. The van der Waals surface area contributed by atoms with Crippen LogP contribution in [-0.2, 0) is 41.3 Å². The van der Waals surface area contributed by atoms with E-state index in [0.29, 0.717) is 46.7 Å². The van der Waals surface area contributed by atoms with Gasteiger partial charge in [0.25, 0.3) is 0 Å². The summed E-state index contributed by atoms with van der Waals surface area (Å²) in [5.74, 6) is -1.33. The number of halogens is 2. The van der Waals surface area contributed by atoms with Crippen molar-refractivity contribution in [3.63, 3.8) is 0 Å². The largest absolute Gasteiger partial charge is 0.366 e. The number of ether oxygens (including phenoxy) is 2. The number of benzene rings is 2. The van der Waals surface area contributed by atoms with E-state index >= 15 is 0 Å². The summed E-state index contributed by atoms with van der Waals surface area (Å²) in [5.41, 5.74) is 4.96. The maximum Gasteiger partial charge on any atom is 0.239 e. The number of carbonyl (C=O) groups is 2. The fourth-order valence-corrected chi connectivity index (χ4v) is 7.27. The van der Waals surface area contributed by atoms with Gasteiger partial charge in [-0.25, -0.2) is 8.42 Å². The van der Waals surface area contributed by atoms with E-state index in [2.05, 4.69) is 15.0 Å². The second-order valence-corrected chi connectivity index (χ2v) is 12.8. The summed E-state index contributed by atoms with van der Waals surface area (Å²) < 4.78 is 39.8. The number of aryl methyl sites for hydroxylation is 1. The minimum atomic E-state index is -4.03. The molecule has 2 heterocycles. The molecule has 43 heavy (non-hydrogen) atoms. The minimum absolute atomic E-state index is 0.163. The summed E-state index contributed by atoms with van der Waals surface area (Å²) in [5, 5.41) is 4.00. The normalized spacial score (nSPS) is 19.7. The van der Waals surface area contributed by atoms with Gasteiger partial charge in [0.2, 0.25) is 15.9 Å². The van der Waals surface area contributed by atoms with Crippen LogP contribution in [0.5, 0.6) is 0 Å². The van der Waals surface area contributed by atoms with Crippen molar-refractivity contribution >= 4 is 50.5 Å². The third kappa shape index (κ3) is 6.40. The molecule has 1 aliphatic heterocycles. The van der Waals surface area contributed by atoms with Crippen LogP contribution < -0.4 is 10.0 Å². The fraction of sp³-hybridized carbons (Fsp3) is 0.323. The maximum atomic E-state index is 13.9. The summed E-state index contributed by atoms with van der Waals surface area (Å²) in [6.07, 6.45) is 0.0505. The zero-order chi connectivity index (χ0) is 30.9. The third-order valence-corrected chi connectivity index (χ3v) is 9.34. The lowest BCUT2D eigenvalue weighted by Crippen LogP contribution is -2.33. The lowest BCUT2D eigenvalue weighted by molar-refractivity contribution is -0.127. The number of nitrogens with zero attached hydrogens (tertiary/aromatic N) is 1. The smallest absolute Gasteiger partial charge is 0.239 e. The highest BCUT2D eigenvalue weighted by Crippen LogP contribution is 2.47. The highest BCUT2D eigenvalue weighted by molar-refractivity contribution is 7.89. The lowest BCUT2D eigenvalue weighted by Gasteiger charge is -2.27. The molecule has 3 atom stereocenters. The first-order valence-corrected chi connectivity index (χ1v) is 16.2. The van der Waals surface area contributed by atoms with Gasteiger partial charge >= 0.3 is 0 Å². The standard InChI is InChI=1S/C31H31Cl2N3O6S/c1-4-41-30-20-8-7-13-34-27(20)26-25(29(30)38)28(35-31(26)42-5-2)19-12-11-18(14-17(19)3)16-43(39,40)36-24(37)15-21-22(32)9-6-10-23(21)33/h6-14,28,30-31,35H,4-5,15-16H2,1-3H3,(H,36,37). The first-order valence-electron chi connectivity index (χ1n) is 13.8. The van der Waals surface area contributed by atoms with Crippen molar-refractivity contribution in [2.45, 2.75) is 51.3 Å². The molecule has 0 saturated heterocycles. The number of carbonyl (C=O) groups excluding carboxylic acids is 2. The number of amides is 1. The zero-order valence-corrected chi connectivity index (χ0v) is 26.1. The monoisotopic (exact) mass is 643 g/mol. The van der Waals surface area contributed by atoms with Gasteiger partial charge in [-0.2, -0.15) is 0 Å². The molecule has 1 amide bonds. The Hall–Kier alpha value is -3.12. The van der Waals surface area contributed by atoms with E-state index in [1.807, 2.05) is 26.8 Å². The topological polar surface area (TPSA) is 124 Å². The second kappa shape index (κ2) is 12.9. The van der Waals surface area contributed by atoms with E-state index in [4.69, 9.17) is 32.7 Å². The summed E-state index contributed by atoms with van der Waals surface area (Å²) in [4.78, 5) is 31.0. The van der Waals surface area contributed by atoms with Crippen molar-refractivity contribution in [1.29, 1.82) is 0 Å². The Kier molecular flexibility index (Phi) is 9.36. The molecule has 3 unspecified atom stereocenters. The molecule has 0 radical (unpaired) electrons. The van der Waals surface area contributed by atoms with Crippen LogP contribution in [0.3, 0.4) is 0 Å². The molecule has 12 heteroatoms. The van der Waals surface area contributed by atoms with Gasteiger partial charge in [0.15, 0.2) is 5.78 Å². The lowest BCUT2D eigenvalue weighted by atomic mass is 9.82. The van der Waals surface area contributed by atoms with E-state index in [1.165, 1.54) is 0 Å². The van der Waals surface area contributed by atoms with Crippen LogP contribution >= 0.6 is 23.2 Å². The second-order valence-electron chi connectivity index (χ2n) is 10.3. The van der Waals surface area contributed by atoms with E-state index in [-0.39, 0.29) is 22.2 Å². The Labute approximate surface area is 260 Å². The van der Waals surface area contributed by atoms with Crippen LogP contribution in [0.1, 0.15) is 59.5 Å². The molecule has 0 spiro atoms. The summed E-state index contributed by atoms with van der Waals surface area (Å²) in [6.45, 7) is 6.33. The van der Waals surface area contributed by atoms with Gasteiger partial charge in [0.05, 0.1) is 23.9 Å². The molecule has 3 aromatic rings. The molecular weight excluding hydrogens is 613 g/mol. The molecule has 2 aliphatic rings. The van der Waals surface area contributed by atoms with Gasteiger partial charge in [-0.05, 0) is 61.2 Å². The van der Waals surface area contributed by atoms with Crippen LogP contribution in [0.4, 0.5) is 0 Å². The van der Waals surface area contributed by atoms with Gasteiger partial charge in [-0.3, -0.25) is 24.6 Å². The van der Waals surface area contributed by atoms with Crippen molar-refractivity contribution in [3.05, 3.63) is 104 Å². The first kappa shape index (κ1) is 31.3. The number of aromatic nitrogens is 1. The highest BCUT2D eigenvalue weighted by atomic mass is 35.5. The quantitative estimate of drug-likeness (QED) is 0.316. The number of rotatable bonds is 10. The molecular formula is C31H31Cl2N3O6S. The van der Waals surface area contributed by atoms with E-state index < -0.39 is 40.1 Å². The van der Waals surface area contributed by atoms with Crippen molar-refractivity contribution in [3.8, 4) is 0 Å². The zero-order valence-electron chi connectivity index (χ0n) is 23.8. The molecule has 0 fully saturated rings. The Morgan fingerprint density at radius 1 is 1.00 bits per heavy atom. The van der Waals surface area contributed by atoms with Gasteiger partial charge in [0.1, 0.15) is 12.3 Å². The van der Waals surface area contributed by atoms with Crippen molar-refractivity contribution in [2.75, 3.05) is 13.2 Å². The number of Topliss-reactive ketones (excluding diaryl/α,β-unsaturated/α-hetero) is 1. The van der Waals surface area contributed by atoms with Gasteiger partial charge in [-0.1, -0.05) is 53.5 Å². The predicted octanol–water partition coefficient (Wildman–Crippen LogP) is 5.01. The van der Waals surface area contributed by atoms with Crippen LogP contribution in [0.15, 0.2) is 60.3 Å². The van der Waals surface area contributed by atoms with Gasteiger partial charge in [-0.15, -0.1) is 0 Å². The molecule has 0 saturated carbocycles. The Bertz CT molecular complexity index is 1710. The average Bonchev–Trinajstić information content (AvgIpc) is 3.32. The van der Waals surface area contributed by atoms with E-state index in [9.17, 15) is 18.0 Å². The first-order chi connectivity index (χ1) is 20.5. The number of hydrogen-bond acceptors (Lipinski definition) is 8. The van der Waals surface area contributed by atoms with E-state index in [1.54, 1.807) is 48.7 Å². The highest BCUT2D eigenvalue weighted by Gasteiger charge is 2.47. The van der Waals surface area contributed by atoms with Crippen LogP contribution in [0.25, 0.3) is 5.57 Å². The summed E-state index contributed by atoms with van der Waals surface area (Å²) in [6, 6.07) is 13.1. The molecule has 226 valence electrons. The number of sulfonamides is 1. The molecule has 2 aromatic carbocycles. The predicted molar refractivity (Wildman–Crippen MR) is 164 cm³/mol. The summed E-state index contributed by atoms with van der Waals surface area (Å²) >= 11 is 12.3. The van der Waals surface area contributed by atoms with Gasteiger partial charge < -0.3 is 9.47 Å². The Morgan fingerprint density at radius 3 is 2.40 bits per heavy atom. The number of hydrogen-bond donors (Lipinski definition) is 2. The minimum Gasteiger partial charge on any atom is -0.366 e. The van der Waals surface area contributed by atoms with Crippen LogP contribution in [0.2, 0.25) is 10.0 Å². The number of nitrogens with one attached hydrogen (secondary N) is 2. The number of pyridine rings is 1. The van der Waals surface area contributed by atoms with Crippen molar-refractivity contribution in [1.82, 2.24) is 15.0 Å². The number of ketones is 1. The SMILES string of the molecule is CCOC1NC(c2ccc(CS(=O)(=O)NC(=O)Cc3c(Cl)cccc3Cl)cc2C)C2=C1c1ncccc1C(OCC)C2=O. The molecule has 0 bridgehead atoms. The Morgan fingerprint density at radius 2 is 1.72 bits per heavy atom.